The second-order valence-electron chi connectivity index (χ2n) is 3.20. The van der Waals surface area contributed by atoms with E-state index in [4.69, 9.17) is 11.6 Å². The van der Waals surface area contributed by atoms with Crippen LogP contribution in [0, 0.1) is 0 Å². The van der Waals surface area contributed by atoms with Gasteiger partial charge in [-0.05, 0) is 24.3 Å². The molecule has 0 aliphatic rings. The van der Waals surface area contributed by atoms with Gasteiger partial charge >= 0.3 is 18.6 Å². The van der Waals surface area contributed by atoms with Gasteiger partial charge in [0, 0.05) is 5.02 Å². The zero-order valence-electron chi connectivity index (χ0n) is 9.15. The minimum absolute atomic E-state index is 0.141. The summed E-state index contributed by atoms with van der Waals surface area (Å²) in [6.07, 6.45) is -11.1. The van der Waals surface area contributed by atoms with Crippen LogP contribution < -0.4 is 4.74 Å². The number of ether oxygens (including phenoxy) is 2. The molecule has 1 rings (SSSR count). The first kappa shape index (κ1) is 16.4. The highest BCUT2D eigenvalue weighted by atomic mass is 35.5. The van der Waals surface area contributed by atoms with E-state index in [1.165, 1.54) is 0 Å². The fraction of sp³-hybridized carbons (Fsp3) is 0.200. The van der Waals surface area contributed by atoms with Crippen molar-refractivity contribution < 1.29 is 40.2 Å². The molecule has 0 amide bonds. The van der Waals surface area contributed by atoms with Crippen LogP contribution in [0.2, 0.25) is 5.02 Å². The van der Waals surface area contributed by atoms with Gasteiger partial charge in [0.1, 0.15) is 5.75 Å². The molecule has 0 saturated carbocycles. The number of allylic oxidation sites excluding steroid dienone is 1. The van der Waals surface area contributed by atoms with Crippen LogP contribution in [0.25, 0.3) is 0 Å². The van der Waals surface area contributed by atoms with Gasteiger partial charge in [-0.1, -0.05) is 11.6 Å². The SMILES string of the molecule is F/C(OC(F)(F)F)=C(\Oc1ccc(Cl)cc1)C(F)(F)F. The lowest BCUT2D eigenvalue weighted by molar-refractivity contribution is -0.316. The fourth-order valence-electron chi connectivity index (χ4n) is 0.978. The highest BCUT2D eigenvalue weighted by molar-refractivity contribution is 6.30. The second kappa shape index (κ2) is 5.78. The van der Waals surface area contributed by atoms with Crippen molar-refractivity contribution in [2.24, 2.45) is 0 Å². The van der Waals surface area contributed by atoms with Crippen molar-refractivity contribution in [1.29, 1.82) is 0 Å². The molecule has 20 heavy (non-hydrogen) atoms. The summed E-state index contributed by atoms with van der Waals surface area (Å²) in [5.41, 5.74) is 0. The molecule has 1 aromatic carbocycles. The number of alkyl halides is 6. The molecule has 0 unspecified atom stereocenters. The zero-order valence-corrected chi connectivity index (χ0v) is 9.91. The Hall–Kier alpha value is -1.64. The monoisotopic (exact) mass is 324 g/mol. The normalized spacial score (nSPS) is 13.8. The smallest absolute Gasteiger partial charge is 0.447 e. The van der Waals surface area contributed by atoms with E-state index in [0.717, 1.165) is 24.3 Å². The Balaban J connectivity index is 3.08. The maximum atomic E-state index is 12.9. The van der Waals surface area contributed by atoms with E-state index >= 15 is 0 Å². The first-order valence-corrected chi connectivity index (χ1v) is 5.03. The number of hydrogen-bond donors (Lipinski definition) is 0. The standard InChI is InChI=1S/C10H4ClF7O2/c11-5-1-3-6(4-2-5)19-7(9(13,14)15)8(12)20-10(16,17)18/h1-4H/b8-7+. The maximum absolute atomic E-state index is 12.9. The first-order valence-electron chi connectivity index (χ1n) is 4.65. The highest BCUT2D eigenvalue weighted by Gasteiger charge is 2.44. The summed E-state index contributed by atoms with van der Waals surface area (Å²) < 4.78 is 91.9. The summed E-state index contributed by atoms with van der Waals surface area (Å²) in [6, 6.07) is 1.09. The van der Waals surface area contributed by atoms with Crippen LogP contribution in [0.4, 0.5) is 30.7 Å². The van der Waals surface area contributed by atoms with E-state index in [0.29, 0.717) is 0 Å². The van der Waals surface area contributed by atoms with Gasteiger partial charge in [0.05, 0.1) is 0 Å². The van der Waals surface area contributed by atoms with Crippen molar-refractivity contribution >= 4 is 11.6 Å². The second-order valence-corrected chi connectivity index (χ2v) is 3.64. The Bertz CT molecular complexity index is 490. The molecular weight excluding hydrogens is 321 g/mol. The van der Waals surface area contributed by atoms with E-state index in [9.17, 15) is 30.7 Å². The van der Waals surface area contributed by atoms with Crippen molar-refractivity contribution in [3.8, 4) is 5.75 Å². The highest BCUT2D eigenvalue weighted by Crippen LogP contribution is 2.34. The Kier molecular flexibility index (Phi) is 4.74. The Morgan fingerprint density at radius 1 is 0.950 bits per heavy atom. The Morgan fingerprint density at radius 3 is 1.85 bits per heavy atom. The van der Waals surface area contributed by atoms with Crippen molar-refractivity contribution in [2.45, 2.75) is 12.5 Å². The van der Waals surface area contributed by atoms with Gasteiger partial charge in [0.2, 0.25) is 0 Å². The third kappa shape index (κ3) is 5.16. The lowest BCUT2D eigenvalue weighted by Crippen LogP contribution is -2.22. The summed E-state index contributed by atoms with van der Waals surface area (Å²) in [6.45, 7) is 0. The van der Waals surface area contributed by atoms with Crippen LogP contribution in [0.15, 0.2) is 36.0 Å². The average Bonchev–Trinajstić information content (AvgIpc) is 2.24. The molecule has 0 radical (unpaired) electrons. The zero-order chi connectivity index (χ0) is 15.6. The van der Waals surface area contributed by atoms with Crippen LogP contribution in [0.5, 0.6) is 5.75 Å². The molecule has 2 nitrogen and oxygen atoms in total. The van der Waals surface area contributed by atoms with Crippen molar-refractivity contribution in [3.05, 3.63) is 41.1 Å². The number of hydrogen-bond acceptors (Lipinski definition) is 2. The number of rotatable bonds is 3. The predicted molar refractivity (Wildman–Crippen MR) is 53.4 cm³/mol. The lowest BCUT2D eigenvalue weighted by Gasteiger charge is -2.15. The summed E-state index contributed by atoms with van der Waals surface area (Å²) in [4.78, 5) is 0. The van der Waals surface area contributed by atoms with Gasteiger partial charge < -0.3 is 9.47 Å². The molecular formula is C10H4ClF7O2. The fourth-order valence-corrected chi connectivity index (χ4v) is 1.10. The topological polar surface area (TPSA) is 18.5 Å². The molecule has 0 fully saturated rings. The molecule has 0 atom stereocenters. The third-order valence-electron chi connectivity index (χ3n) is 1.67. The molecule has 0 bridgehead atoms. The average molecular weight is 325 g/mol. The van der Waals surface area contributed by atoms with Gasteiger partial charge in [0.25, 0.3) is 5.76 Å². The van der Waals surface area contributed by atoms with E-state index in [1.54, 1.807) is 0 Å². The molecule has 0 saturated heterocycles. The van der Waals surface area contributed by atoms with Crippen LogP contribution in [0.1, 0.15) is 0 Å². The summed E-state index contributed by atoms with van der Waals surface area (Å²) in [5, 5.41) is 0.141. The molecule has 0 aromatic heterocycles. The quantitative estimate of drug-likeness (QED) is 0.578. The van der Waals surface area contributed by atoms with E-state index in [1.807, 2.05) is 0 Å². The molecule has 0 aliphatic heterocycles. The molecule has 0 aliphatic carbocycles. The molecule has 0 heterocycles. The van der Waals surface area contributed by atoms with Crippen molar-refractivity contribution in [3.63, 3.8) is 0 Å². The Labute approximate surface area is 112 Å². The third-order valence-corrected chi connectivity index (χ3v) is 1.93. The van der Waals surface area contributed by atoms with E-state index in [-0.39, 0.29) is 5.02 Å². The van der Waals surface area contributed by atoms with Gasteiger partial charge in [-0.25, -0.2) is 0 Å². The number of benzene rings is 1. The summed E-state index contributed by atoms with van der Waals surface area (Å²) >= 11 is 5.45. The minimum atomic E-state index is -5.62. The number of halogens is 8. The summed E-state index contributed by atoms with van der Waals surface area (Å²) in [5.74, 6) is -3.13. The van der Waals surface area contributed by atoms with Crippen molar-refractivity contribution in [1.82, 2.24) is 0 Å². The molecule has 1 aromatic rings. The van der Waals surface area contributed by atoms with Crippen LogP contribution in [0.3, 0.4) is 0 Å². The molecule has 0 N–H and O–H groups in total. The Morgan fingerprint density at radius 2 is 1.45 bits per heavy atom. The largest absolute Gasteiger partial charge is 0.574 e. The minimum Gasteiger partial charge on any atom is -0.447 e. The van der Waals surface area contributed by atoms with Gasteiger partial charge in [-0.15, -0.1) is 13.2 Å². The molecule has 112 valence electrons. The molecule has 10 heteroatoms. The van der Waals surface area contributed by atoms with Crippen LogP contribution in [-0.4, -0.2) is 12.5 Å². The van der Waals surface area contributed by atoms with E-state index < -0.39 is 30.1 Å². The van der Waals surface area contributed by atoms with Crippen LogP contribution >= 0.6 is 11.6 Å². The molecule has 0 spiro atoms. The predicted octanol–water partition coefficient (Wildman–Crippen LogP) is 4.96. The summed E-state index contributed by atoms with van der Waals surface area (Å²) in [7, 11) is 0. The van der Waals surface area contributed by atoms with Crippen molar-refractivity contribution in [2.75, 3.05) is 0 Å². The lowest BCUT2D eigenvalue weighted by atomic mass is 10.3. The van der Waals surface area contributed by atoms with Gasteiger partial charge in [0.15, 0.2) is 0 Å². The van der Waals surface area contributed by atoms with Gasteiger partial charge in [-0.2, -0.15) is 17.6 Å². The first-order chi connectivity index (χ1) is 8.99. The van der Waals surface area contributed by atoms with Gasteiger partial charge in [-0.3, -0.25) is 0 Å². The van der Waals surface area contributed by atoms with E-state index in [2.05, 4.69) is 9.47 Å². The van der Waals surface area contributed by atoms with Crippen LogP contribution in [-0.2, 0) is 4.74 Å². The maximum Gasteiger partial charge on any atom is 0.574 e.